The number of carboxylic acids is 1. The van der Waals surface area contributed by atoms with E-state index < -0.39 is 5.97 Å². The summed E-state index contributed by atoms with van der Waals surface area (Å²) in [5.41, 5.74) is 3.11. The second-order valence-corrected chi connectivity index (χ2v) is 5.81. The van der Waals surface area contributed by atoms with Crippen molar-refractivity contribution >= 4 is 40.7 Å². The summed E-state index contributed by atoms with van der Waals surface area (Å²) in [5, 5.41) is 13.5. The minimum absolute atomic E-state index is 0. The van der Waals surface area contributed by atoms with Crippen molar-refractivity contribution in [1.82, 2.24) is 4.98 Å². The molecule has 1 aliphatic rings. The molecule has 6 nitrogen and oxygen atoms in total. The highest BCUT2D eigenvalue weighted by Gasteiger charge is 2.17. The number of hydrogen-bond acceptors (Lipinski definition) is 5. The summed E-state index contributed by atoms with van der Waals surface area (Å²) in [5.74, 6) is 0.296. The topological polar surface area (TPSA) is 80.7 Å². The van der Waals surface area contributed by atoms with E-state index in [1.54, 1.807) is 0 Å². The number of rotatable bonds is 3. The van der Waals surface area contributed by atoms with Gasteiger partial charge in [0.25, 0.3) is 0 Å². The van der Waals surface area contributed by atoms with Crippen LogP contribution in [0, 0.1) is 6.92 Å². The molecule has 0 fully saturated rings. The Morgan fingerprint density at radius 3 is 2.69 bits per heavy atom. The van der Waals surface area contributed by atoms with E-state index in [1.807, 2.05) is 43.3 Å². The van der Waals surface area contributed by atoms with Crippen molar-refractivity contribution in [2.45, 2.75) is 6.92 Å². The second-order valence-electron chi connectivity index (χ2n) is 5.81. The lowest BCUT2D eigenvalue weighted by Gasteiger charge is -2.20. The van der Waals surface area contributed by atoms with Gasteiger partial charge in [-0.05, 0) is 24.6 Å². The second kappa shape index (κ2) is 7.09. The molecule has 4 rings (SSSR count). The molecule has 2 heterocycles. The Hall–Kier alpha value is -2.99. The highest BCUT2D eigenvalue weighted by Crippen LogP contribution is 2.36. The fourth-order valence-electron chi connectivity index (χ4n) is 2.93. The number of benzene rings is 2. The van der Waals surface area contributed by atoms with Gasteiger partial charge in [0.1, 0.15) is 18.8 Å². The fraction of sp³-hybridized carbons (Fsp3) is 0.158. The normalized spacial score (nSPS) is 12.3. The molecule has 134 valence electrons. The quantitative estimate of drug-likeness (QED) is 0.718. The van der Waals surface area contributed by atoms with E-state index in [9.17, 15) is 9.90 Å². The first kappa shape index (κ1) is 17.8. The third-order valence-electron chi connectivity index (χ3n) is 4.14. The highest BCUT2D eigenvalue weighted by atomic mass is 35.5. The maximum atomic E-state index is 11.6. The van der Waals surface area contributed by atoms with Crippen LogP contribution in [0.15, 0.2) is 42.6 Å². The molecule has 0 spiro atoms. The third-order valence-corrected chi connectivity index (χ3v) is 4.14. The number of fused-ring (bicyclic) bond motifs is 2. The molecule has 0 radical (unpaired) electrons. The molecule has 0 atom stereocenters. The van der Waals surface area contributed by atoms with Crippen LogP contribution in [0.5, 0.6) is 11.5 Å². The zero-order chi connectivity index (χ0) is 17.4. The Kier molecular flexibility index (Phi) is 4.86. The van der Waals surface area contributed by atoms with Gasteiger partial charge in [-0.2, -0.15) is 0 Å². The number of hydrogen-bond donors (Lipinski definition) is 2. The van der Waals surface area contributed by atoms with Crippen LogP contribution < -0.4 is 14.8 Å². The fourth-order valence-corrected chi connectivity index (χ4v) is 2.93. The van der Waals surface area contributed by atoms with Gasteiger partial charge in [-0.25, -0.2) is 4.79 Å². The lowest BCUT2D eigenvalue weighted by atomic mass is 10.1. The Morgan fingerprint density at radius 1 is 1.15 bits per heavy atom. The predicted molar refractivity (Wildman–Crippen MR) is 101 cm³/mol. The monoisotopic (exact) mass is 372 g/mol. The van der Waals surface area contributed by atoms with E-state index in [0.717, 1.165) is 22.2 Å². The summed E-state index contributed by atoms with van der Waals surface area (Å²) in [6.07, 6.45) is 1.39. The molecule has 7 heteroatoms. The van der Waals surface area contributed by atoms with Crippen molar-refractivity contribution in [3.63, 3.8) is 0 Å². The average molecular weight is 373 g/mol. The molecule has 2 aromatic carbocycles. The van der Waals surface area contributed by atoms with Gasteiger partial charge in [0.05, 0.1) is 11.2 Å². The Morgan fingerprint density at radius 2 is 1.92 bits per heavy atom. The van der Waals surface area contributed by atoms with Gasteiger partial charge in [-0.15, -0.1) is 12.4 Å². The van der Waals surface area contributed by atoms with Crippen LogP contribution >= 0.6 is 12.4 Å². The van der Waals surface area contributed by atoms with E-state index in [0.29, 0.717) is 30.4 Å². The number of aromatic carboxylic acids is 1. The highest BCUT2D eigenvalue weighted by molar-refractivity contribution is 6.06. The first-order valence-corrected chi connectivity index (χ1v) is 7.92. The number of carbonyl (C=O) groups is 1. The van der Waals surface area contributed by atoms with Crippen molar-refractivity contribution in [3.8, 4) is 11.5 Å². The van der Waals surface area contributed by atoms with Gasteiger partial charge < -0.3 is 19.9 Å². The molecule has 0 saturated carbocycles. The average Bonchev–Trinajstić information content (AvgIpc) is 2.62. The first-order valence-electron chi connectivity index (χ1n) is 7.92. The molecule has 0 aliphatic carbocycles. The van der Waals surface area contributed by atoms with Gasteiger partial charge >= 0.3 is 5.97 Å². The van der Waals surface area contributed by atoms with Gasteiger partial charge in [-0.1, -0.05) is 18.2 Å². The summed E-state index contributed by atoms with van der Waals surface area (Å²) in [6, 6.07) is 11.2. The van der Waals surface area contributed by atoms with Gasteiger partial charge in [0, 0.05) is 23.3 Å². The van der Waals surface area contributed by atoms with Gasteiger partial charge in [0.2, 0.25) is 0 Å². The summed E-state index contributed by atoms with van der Waals surface area (Å²) in [6.45, 7) is 2.97. The third kappa shape index (κ3) is 3.11. The van der Waals surface area contributed by atoms with Crippen molar-refractivity contribution < 1.29 is 19.4 Å². The number of aromatic nitrogens is 1. The maximum Gasteiger partial charge on any atom is 0.339 e. The summed E-state index contributed by atoms with van der Waals surface area (Å²) >= 11 is 0. The Bertz CT molecular complexity index is 991. The van der Waals surface area contributed by atoms with Crippen molar-refractivity contribution in [2.24, 2.45) is 0 Å². The summed E-state index contributed by atoms with van der Waals surface area (Å²) in [7, 11) is 0. The minimum Gasteiger partial charge on any atom is -0.486 e. The number of aryl methyl sites for hydroxylation is 1. The smallest absolute Gasteiger partial charge is 0.339 e. The summed E-state index contributed by atoms with van der Waals surface area (Å²) < 4.78 is 11.1. The molecule has 0 amide bonds. The molecular weight excluding hydrogens is 356 g/mol. The van der Waals surface area contributed by atoms with Crippen LogP contribution in [0.25, 0.3) is 10.9 Å². The van der Waals surface area contributed by atoms with E-state index in [4.69, 9.17) is 9.47 Å². The van der Waals surface area contributed by atoms with Crippen LogP contribution in [0.3, 0.4) is 0 Å². The van der Waals surface area contributed by atoms with E-state index >= 15 is 0 Å². The Labute approximate surface area is 156 Å². The van der Waals surface area contributed by atoms with Crippen molar-refractivity contribution in [2.75, 3.05) is 18.5 Å². The van der Waals surface area contributed by atoms with Crippen molar-refractivity contribution in [3.05, 3.63) is 53.7 Å². The molecule has 2 N–H and O–H groups in total. The van der Waals surface area contributed by atoms with Crippen LogP contribution in [0.1, 0.15) is 15.9 Å². The lowest BCUT2D eigenvalue weighted by molar-refractivity contribution is 0.0697. The number of halogens is 1. The first-order chi connectivity index (χ1) is 12.1. The molecule has 1 aliphatic heterocycles. The molecule has 0 unspecified atom stereocenters. The largest absolute Gasteiger partial charge is 0.486 e. The molecular formula is C19H17ClN2O4. The molecule has 0 bridgehead atoms. The van der Waals surface area contributed by atoms with E-state index in [-0.39, 0.29) is 18.0 Å². The zero-order valence-electron chi connectivity index (χ0n) is 14.0. The predicted octanol–water partition coefficient (Wildman–Crippen LogP) is 4.18. The lowest BCUT2D eigenvalue weighted by Crippen LogP contribution is -2.15. The number of nitrogens with one attached hydrogen (secondary N) is 1. The molecule has 0 saturated heterocycles. The van der Waals surface area contributed by atoms with Gasteiger partial charge in [-0.3, -0.25) is 4.98 Å². The standard InChI is InChI=1S/C19H16N2O4.ClH/c1-11-3-2-4-13-17(11)20-10-14(19(22)23)18(13)21-12-5-6-15-16(9-12)25-8-7-24-15;/h2-6,9-10H,7-8H2,1H3,(H,20,21)(H,22,23);1H. The van der Waals surface area contributed by atoms with Crippen molar-refractivity contribution in [1.29, 1.82) is 0 Å². The molecule has 1 aromatic heterocycles. The number of para-hydroxylation sites is 1. The van der Waals surface area contributed by atoms with Crippen LogP contribution in [0.4, 0.5) is 11.4 Å². The van der Waals surface area contributed by atoms with Crippen LogP contribution in [0.2, 0.25) is 0 Å². The number of nitrogens with zero attached hydrogens (tertiary/aromatic N) is 1. The van der Waals surface area contributed by atoms with Crippen LogP contribution in [-0.2, 0) is 0 Å². The van der Waals surface area contributed by atoms with E-state index in [1.165, 1.54) is 6.20 Å². The number of ether oxygens (including phenoxy) is 2. The summed E-state index contributed by atoms with van der Waals surface area (Å²) in [4.78, 5) is 16.0. The number of pyridine rings is 1. The van der Waals surface area contributed by atoms with Gasteiger partial charge in [0.15, 0.2) is 11.5 Å². The molecule has 26 heavy (non-hydrogen) atoms. The molecule has 3 aromatic rings. The SMILES string of the molecule is Cc1cccc2c(Nc3ccc4c(c3)OCCO4)c(C(=O)O)cnc12.Cl. The zero-order valence-corrected chi connectivity index (χ0v) is 14.8. The van der Waals surface area contributed by atoms with E-state index in [2.05, 4.69) is 10.3 Å². The Balaban J connectivity index is 0.00000196. The minimum atomic E-state index is -1.03. The van der Waals surface area contributed by atoms with Crippen LogP contribution in [-0.4, -0.2) is 29.3 Å². The number of carboxylic acid groups (broad SMARTS) is 1. The maximum absolute atomic E-state index is 11.6. The number of anilines is 2.